The van der Waals surface area contributed by atoms with E-state index in [4.69, 9.17) is 9.47 Å². The molecule has 0 aliphatic carbocycles. The predicted molar refractivity (Wildman–Crippen MR) is 189 cm³/mol. The van der Waals surface area contributed by atoms with Gasteiger partial charge in [0, 0.05) is 32.8 Å². The summed E-state index contributed by atoms with van der Waals surface area (Å²) in [5.74, 6) is 0.0801. The molecule has 1 aromatic rings. The number of benzene rings is 1. The van der Waals surface area contributed by atoms with E-state index < -0.39 is 12.0 Å². The summed E-state index contributed by atoms with van der Waals surface area (Å²) < 4.78 is 12.0. The van der Waals surface area contributed by atoms with Crippen molar-refractivity contribution in [3.8, 4) is 0 Å². The van der Waals surface area contributed by atoms with Crippen LogP contribution in [0.5, 0.6) is 0 Å². The first-order valence-corrected chi connectivity index (χ1v) is 17.6. The summed E-state index contributed by atoms with van der Waals surface area (Å²) in [5.41, 5.74) is 1.17. The summed E-state index contributed by atoms with van der Waals surface area (Å²) in [6, 6.07) is 9.59. The van der Waals surface area contributed by atoms with Crippen LogP contribution in [0.3, 0.4) is 0 Å². The van der Waals surface area contributed by atoms with Crippen LogP contribution in [0.4, 0.5) is 0 Å². The molecule has 268 valence electrons. The van der Waals surface area contributed by atoms with Crippen molar-refractivity contribution in [3.63, 3.8) is 0 Å². The Kier molecular flexibility index (Phi) is 17.4. The number of ether oxygens (including phenoxy) is 2. The van der Waals surface area contributed by atoms with Gasteiger partial charge in [-0.1, -0.05) is 71.4 Å². The van der Waals surface area contributed by atoms with Crippen molar-refractivity contribution < 1.29 is 23.9 Å². The van der Waals surface area contributed by atoms with Gasteiger partial charge in [-0.2, -0.15) is 0 Å². The number of nitrogens with zero attached hydrogens (tertiary/aromatic N) is 3. The van der Waals surface area contributed by atoms with Gasteiger partial charge in [-0.05, 0) is 71.1 Å². The number of likely N-dealkylation sites (N-methyl/N-ethyl adjacent to an activating group) is 2. The van der Waals surface area contributed by atoms with Gasteiger partial charge in [-0.3, -0.25) is 24.2 Å². The lowest BCUT2D eigenvalue weighted by molar-refractivity contribution is -0.143. The number of amides is 3. The molecule has 1 aliphatic rings. The highest BCUT2D eigenvalue weighted by atomic mass is 16.5. The minimum Gasteiger partial charge on any atom is -0.379 e. The molecule has 3 amide bonds. The smallest absolute Gasteiger partial charge is 0.238 e. The maximum Gasteiger partial charge on any atom is 0.238 e. The first kappa shape index (κ1) is 40.6. The second-order valence-corrected chi connectivity index (χ2v) is 14.3. The Morgan fingerprint density at radius 3 is 2.19 bits per heavy atom. The predicted octanol–water partition coefficient (Wildman–Crippen LogP) is 4.18. The Bertz CT molecular complexity index is 1080. The maximum absolute atomic E-state index is 14.0. The minimum absolute atomic E-state index is 0.00511. The second-order valence-electron chi connectivity index (χ2n) is 14.3. The molecule has 1 fully saturated rings. The molecule has 7 unspecified atom stereocenters. The van der Waals surface area contributed by atoms with Gasteiger partial charge >= 0.3 is 0 Å². The topological polar surface area (TPSA) is 103 Å². The quantitative estimate of drug-likeness (QED) is 0.203. The Labute approximate surface area is 285 Å². The van der Waals surface area contributed by atoms with Gasteiger partial charge in [0.25, 0.3) is 0 Å². The van der Waals surface area contributed by atoms with E-state index >= 15 is 0 Å². The molecule has 8 atom stereocenters. The molecule has 0 aromatic heterocycles. The van der Waals surface area contributed by atoms with E-state index in [1.165, 1.54) is 5.56 Å². The molecule has 47 heavy (non-hydrogen) atoms. The molecule has 2 N–H and O–H groups in total. The van der Waals surface area contributed by atoms with E-state index in [0.717, 1.165) is 32.1 Å². The molecule has 1 heterocycles. The van der Waals surface area contributed by atoms with E-state index in [-0.39, 0.29) is 60.3 Å². The first-order chi connectivity index (χ1) is 22.2. The van der Waals surface area contributed by atoms with Crippen LogP contribution in [0, 0.1) is 17.8 Å². The van der Waals surface area contributed by atoms with Crippen LogP contribution in [0.1, 0.15) is 79.2 Å². The lowest BCUT2D eigenvalue weighted by Crippen LogP contribution is -2.54. The summed E-state index contributed by atoms with van der Waals surface area (Å²) in [6.45, 7) is 13.4. The van der Waals surface area contributed by atoms with Gasteiger partial charge in [0.2, 0.25) is 17.7 Å². The average molecular weight is 660 g/mol. The SMILES string of the molecule is CC[C@H](C)CC(C(CC(=O)N1CCCC1C(OC)C(C)C(=O)NC(C)Cc1ccccc1)OC)N(C)CNC(=O)C(C(C)C)N(C)C. The van der Waals surface area contributed by atoms with Crippen molar-refractivity contribution in [2.45, 2.75) is 116 Å². The van der Waals surface area contributed by atoms with Gasteiger partial charge in [-0.15, -0.1) is 0 Å². The Morgan fingerprint density at radius 2 is 1.64 bits per heavy atom. The Balaban J connectivity index is 2.13. The van der Waals surface area contributed by atoms with Crippen molar-refractivity contribution >= 4 is 17.7 Å². The Hall–Kier alpha value is -2.53. The molecule has 1 saturated heterocycles. The van der Waals surface area contributed by atoms with Crippen LogP contribution < -0.4 is 10.6 Å². The number of likely N-dealkylation sites (tertiary alicyclic amines) is 1. The first-order valence-electron chi connectivity index (χ1n) is 17.6. The van der Waals surface area contributed by atoms with Gasteiger partial charge in [-0.25, -0.2) is 0 Å². The molecule has 1 aromatic carbocycles. The molecule has 0 bridgehead atoms. The highest BCUT2D eigenvalue weighted by Gasteiger charge is 2.41. The Morgan fingerprint density at radius 1 is 0.979 bits per heavy atom. The van der Waals surface area contributed by atoms with E-state index in [1.807, 2.05) is 76.8 Å². The fraction of sp³-hybridized carbons (Fsp3) is 0.757. The molecule has 1 aliphatic heterocycles. The van der Waals surface area contributed by atoms with Crippen LogP contribution in [-0.2, 0) is 30.3 Å². The zero-order valence-corrected chi connectivity index (χ0v) is 31.1. The van der Waals surface area contributed by atoms with Gasteiger partial charge < -0.3 is 25.0 Å². The molecular weight excluding hydrogens is 594 g/mol. The number of hydrogen-bond acceptors (Lipinski definition) is 7. The van der Waals surface area contributed by atoms with Crippen molar-refractivity contribution in [3.05, 3.63) is 35.9 Å². The summed E-state index contributed by atoms with van der Waals surface area (Å²) in [6.07, 6.45) is 3.64. The number of rotatable bonds is 20. The zero-order valence-electron chi connectivity index (χ0n) is 31.1. The monoisotopic (exact) mass is 659 g/mol. The molecular formula is C37H65N5O5. The van der Waals surface area contributed by atoms with E-state index in [9.17, 15) is 14.4 Å². The number of hydrogen-bond donors (Lipinski definition) is 2. The summed E-state index contributed by atoms with van der Waals surface area (Å²) in [7, 11) is 9.13. The van der Waals surface area contributed by atoms with Crippen LogP contribution >= 0.6 is 0 Å². The highest BCUT2D eigenvalue weighted by molar-refractivity contribution is 5.82. The van der Waals surface area contributed by atoms with Crippen molar-refractivity contribution in [2.75, 3.05) is 48.6 Å². The fourth-order valence-electron chi connectivity index (χ4n) is 7.10. The largest absolute Gasteiger partial charge is 0.379 e. The fourth-order valence-corrected chi connectivity index (χ4v) is 7.10. The van der Waals surface area contributed by atoms with E-state index in [0.29, 0.717) is 19.1 Å². The molecule has 10 heteroatoms. The third kappa shape index (κ3) is 12.1. The van der Waals surface area contributed by atoms with Crippen LogP contribution in [0.15, 0.2) is 30.3 Å². The van der Waals surface area contributed by atoms with Crippen molar-refractivity contribution in [1.82, 2.24) is 25.3 Å². The van der Waals surface area contributed by atoms with Gasteiger partial charge in [0.05, 0.1) is 43.3 Å². The van der Waals surface area contributed by atoms with Gasteiger partial charge in [0.1, 0.15) is 0 Å². The van der Waals surface area contributed by atoms with Crippen LogP contribution in [0.2, 0.25) is 0 Å². The molecule has 0 radical (unpaired) electrons. The highest BCUT2D eigenvalue weighted by Crippen LogP contribution is 2.29. The number of nitrogens with one attached hydrogen (secondary N) is 2. The maximum atomic E-state index is 14.0. The molecule has 0 spiro atoms. The lowest BCUT2D eigenvalue weighted by atomic mass is 9.92. The van der Waals surface area contributed by atoms with E-state index in [1.54, 1.807) is 14.2 Å². The van der Waals surface area contributed by atoms with Crippen LogP contribution in [-0.4, -0.2) is 117 Å². The number of carbonyl (C=O) groups excluding carboxylic acids is 3. The lowest BCUT2D eigenvalue weighted by Gasteiger charge is -2.38. The number of carbonyl (C=O) groups is 3. The summed E-state index contributed by atoms with van der Waals surface area (Å²) in [4.78, 5) is 46.4. The minimum atomic E-state index is -0.431. The van der Waals surface area contributed by atoms with Crippen molar-refractivity contribution in [1.29, 1.82) is 0 Å². The van der Waals surface area contributed by atoms with E-state index in [2.05, 4.69) is 41.5 Å². The van der Waals surface area contributed by atoms with Crippen LogP contribution in [0.25, 0.3) is 0 Å². The third-order valence-electron chi connectivity index (χ3n) is 9.92. The molecule has 10 nitrogen and oxygen atoms in total. The van der Waals surface area contributed by atoms with Crippen molar-refractivity contribution in [2.24, 2.45) is 17.8 Å². The molecule has 0 saturated carbocycles. The standard InChI is InChI=1S/C37H65N5O5/c1-12-26(4)21-31(41(9)24-38-37(45)34(25(2)3)40(7)8)32(46-10)23-33(43)42-20-16-19-30(42)35(47-11)28(6)36(44)39-27(5)22-29-17-14-13-15-18-29/h13-15,17-18,25-28,30-32,34-35H,12,16,19-24H2,1-11H3,(H,38,45)(H,39,44)/t26-,27?,28?,30?,31?,32?,34?,35?/m0/s1. The average Bonchev–Trinajstić information content (AvgIpc) is 3.51. The summed E-state index contributed by atoms with van der Waals surface area (Å²) >= 11 is 0. The second kappa shape index (κ2) is 20.1. The molecule has 2 rings (SSSR count). The van der Waals surface area contributed by atoms with Gasteiger partial charge in [0.15, 0.2) is 0 Å². The summed E-state index contributed by atoms with van der Waals surface area (Å²) in [5, 5.41) is 6.29. The number of methoxy groups -OCH3 is 2. The third-order valence-corrected chi connectivity index (χ3v) is 9.92. The zero-order chi connectivity index (χ0) is 35.3. The normalized spacial score (nSPS) is 19.7.